The van der Waals surface area contributed by atoms with Crippen LogP contribution >= 0.6 is 15.9 Å². The smallest absolute Gasteiger partial charge is 0.145 e. The van der Waals surface area contributed by atoms with Gasteiger partial charge in [-0.25, -0.2) is 9.97 Å². The van der Waals surface area contributed by atoms with Gasteiger partial charge in [0.25, 0.3) is 0 Å². The molecule has 0 aliphatic heterocycles. The van der Waals surface area contributed by atoms with E-state index in [0.717, 1.165) is 35.6 Å². The van der Waals surface area contributed by atoms with E-state index in [4.69, 9.17) is 0 Å². The van der Waals surface area contributed by atoms with E-state index in [9.17, 15) is 4.21 Å². The van der Waals surface area contributed by atoms with Crippen LogP contribution in [0.3, 0.4) is 0 Å². The molecule has 0 aromatic carbocycles. The Morgan fingerprint density at radius 3 is 2.59 bits per heavy atom. The number of rotatable bonds is 7. The summed E-state index contributed by atoms with van der Waals surface area (Å²) in [5, 5.41) is 6.33. The minimum absolute atomic E-state index is 0.704. The lowest BCUT2D eigenvalue weighted by atomic mass is 10.4. The first-order valence-electron chi connectivity index (χ1n) is 5.43. The fourth-order valence-electron chi connectivity index (χ4n) is 1.27. The van der Waals surface area contributed by atoms with Gasteiger partial charge >= 0.3 is 0 Å². The van der Waals surface area contributed by atoms with Crippen molar-refractivity contribution in [2.24, 2.45) is 0 Å². The van der Waals surface area contributed by atoms with Crippen LogP contribution in [0.4, 0.5) is 11.6 Å². The Kier molecular flexibility index (Phi) is 6.43. The molecule has 0 amide bonds. The third-order valence-corrected chi connectivity index (χ3v) is 3.65. The van der Waals surface area contributed by atoms with E-state index in [1.54, 1.807) is 6.26 Å². The van der Waals surface area contributed by atoms with Gasteiger partial charge in [0.05, 0.1) is 0 Å². The minimum atomic E-state index is -0.733. The van der Waals surface area contributed by atoms with E-state index in [1.165, 1.54) is 6.33 Å². The fraction of sp³-hybridized carbons (Fsp3) is 0.600. The van der Waals surface area contributed by atoms with Crippen LogP contribution in [0.5, 0.6) is 0 Å². The zero-order valence-electron chi connectivity index (χ0n) is 9.99. The molecule has 0 bridgehead atoms. The molecule has 7 heteroatoms. The van der Waals surface area contributed by atoms with Gasteiger partial charge in [-0.15, -0.1) is 0 Å². The number of hydrogen-bond acceptors (Lipinski definition) is 5. The third kappa shape index (κ3) is 4.99. The molecule has 0 aliphatic carbocycles. The molecule has 0 saturated carbocycles. The lowest BCUT2D eigenvalue weighted by molar-refractivity contribution is 0.685. The molecule has 0 spiro atoms. The van der Waals surface area contributed by atoms with E-state index < -0.39 is 10.8 Å². The first-order chi connectivity index (χ1) is 8.15. The van der Waals surface area contributed by atoms with Crippen LogP contribution in [0.1, 0.15) is 13.3 Å². The van der Waals surface area contributed by atoms with Crippen molar-refractivity contribution >= 4 is 38.4 Å². The maximum atomic E-state index is 10.9. The molecule has 5 nitrogen and oxygen atoms in total. The van der Waals surface area contributed by atoms with Crippen molar-refractivity contribution in [1.29, 1.82) is 0 Å². The van der Waals surface area contributed by atoms with Crippen LogP contribution in [-0.2, 0) is 10.8 Å². The minimum Gasteiger partial charge on any atom is -0.369 e. The molecule has 96 valence electrons. The number of aromatic nitrogens is 2. The summed E-state index contributed by atoms with van der Waals surface area (Å²) in [6.45, 7) is 3.57. The summed E-state index contributed by atoms with van der Waals surface area (Å²) in [5.41, 5.74) is 0. The average molecular weight is 321 g/mol. The average Bonchev–Trinajstić information content (AvgIpc) is 2.29. The Morgan fingerprint density at radius 2 is 2.00 bits per heavy atom. The monoisotopic (exact) mass is 320 g/mol. The lowest BCUT2D eigenvalue weighted by Gasteiger charge is -2.10. The van der Waals surface area contributed by atoms with E-state index >= 15 is 0 Å². The molecule has 1 atom stereocenters. The second kappa shape index (κ2) is 7.60. The second-order valence-electron chi connectivity index (χ2n) is 3.47. The summed E-state index contributed by atoms with van der Waals surface area (Å²) in [6, 6.07) is 0. The number of nitrogens with zero attached hydrogens (tertiary/aromatic N) is 2. The maximum Gasteiger partial charge on any atom is 0.145 e. The van der Waals surface area contributed by atoms with E-state index in [1.807, 2.05) is 6.92 Å². The molecule has 2 N–H and O–H groups in total. The van der Waals surface area contributed by atoms with Crippen molar-refractivity contribution in [2.75, 3.05) is 35.7 Å². The first-order valence-corrected chi connectivity index (χ1v) is 7.95. The molecule has 1 rings (SSSR count). The molecule has 0 fully saturated rings. The van der Waals surface area contributed by atoms with Crippen LogP contribution in [0.25, 0.3) is 0 Å². The molecule has 0 saturated heterocycles. The topological polar surface area (TPSA) is 66.9 Å². The summed E-state index contributed by atoms with van der Waals surface area (Å²) < 4.78 is 11.7. The number of halogens is 1. The molecule has 1 aromatic rings. The van der Waals surface area contributed by atoms with Crippen LogP contribution in [0.15, 0.2) is 10.8 Å². The predicted molar refractivity (Wildman–Crippen MR) is 75.9 cm³/mol. The van der Waals surface area contributed by atoms with Gasteiger partial charge in [-0.1, -0.05) is 0 Å². The van der Waals surface area contributed by atoms with Crippen molar-refractivity contribution in [3.05, 3.63) is 10.8 Å². The Balaban J connectivity index is 2.53. The Labute approximate surface area is 112 Å². The van der Waals surface area contributed by atoms with Crippen LogP contribution < -0.4 is 10.6 Å². The second-order valence-corrected chi connectivity index (χ2v) is 5.82. The van der Waals surface area contributed by atoms with Gasteiger partial charge in [0.1, 0.15) is 22.4 Å². The fourth-order valence-corrected chi connectivity index (χ4v) is 2.30. The highest BCUT2D eigenvalue weighted by Crippen LogP contribution is 2.26. The highest BCUT2D eigenvalue weighted by atomic mass is 79.9. The molecule has 17 heavy (non-hydrogen) atoms. The summed E-state index contributed by atoms with van der Waals surface area (Å²) in [4.78, 5) is 8.28. The van der Waals surface area contributed by atoms with Gasteiger partial charge in [-0.3, -0.25) is 4.21 Å². The summed E-state index contributed by atoms with van der Waals surface area (Å²) in [7, 11) is -0.733. The van der Waals surface area contributed by atoms with Crippen molar-refractivity contribution < 1.29 is 4.21 Å². The van der Waals surface area contributed by atoms with E-state index in [2.05, 4.69) is 36.5 Å². The molecule has 0 aliphatic rings. The van der Waals surface area contributed by atoms with Crippen LogP contribution in [-0.4, -0.2) is 39.3 Å². The lowest BCUT2D eigenvalue weighted by Crippen LogP contribution is -2.09. The molecule has 1 aromatic heterocycles. The Bertz CT molecular complexity index is 389. The molecule has 1 unspecified atom stereocenters. The largest absolute Gasteiger partial charge is 0.369 e. The third-order valence-electron chi connectivity index (χ3n) is 2.03. The normalized spacial score (nSPS) is 12.2. The zero-order chi connectivity index (χ0) is 12.7. The number of hydrogen-bond donors (Lipinski definition) is 2. The summed E-state index contributed by atoms with van der Waals surface area (Å²) in [5.74, 6) is 2.25. The SMILES string of the molecule is CCNc1ncnc(NCCCS(C)=O)c1Br. The number of nitrogens with one attached hydrogen (secondary N) is 2. The highest BCUT2D eigenvalue weighted by molar-refractivity contribution is 9.10. The molecular formula is C10H17BrN4OS. The quantitative estimate of drug-likeness (QED) is 0.750. The van der Waals surface area contributed by atoms with Gasteiger partial charge in [-0.2, -0.15) is 0 Å². The zero-order valence-corrected chi connectivity index (χ0v) is 12.4. The van der Waals surface area contributed by atoms with Crippen molar-refractivity contribution in [2.45, 2.75) is 13.3 Å². The van der Waals surface area contributed by atoms with E-state index in [-0.39, 0.29) is 0 Å². The maximum absolute atomic E-state index is 10.9. The first kappa shape index (κ1) is 14.4. The van der Waals surface area contributed by atoms with Gasteiger partial charge < -0.3 is 10.6 Å². The van der Waals surface area contributed by atoms with Crippen molar-refractivity contribution in [3.63, 3.8) is 0 Å². The van der Waals surface area contributed by atoms with Gasteiger partial charge in [-0.05, 0) is 29.3 Å². The van der Waals surface area contributed by atoms with Crippen LogP contribution in [0.2, 0.25) is 0 Å². The Morgan fingerprint density at radius 1 is 1.35 bits per heavy atom. The van der Waals surface area contributed by atoms with Crippen molar-refractivity contribution in [3.8, 4) is 0 Å². The summed E-state index contributed by atoms with van der Waals surface area (Å²) >= 11 is 3.45. The van der Waals surface area contributed by atoms with Gasteiger partial charge in [0.15, 0.2) is 0 Å². The van der Waals surface area contributed by atoms with Gasteiger partial charge in [0, 0.05) is 35.9 Å². The molecule has 1 heterocycles. The van der Waals surface area contributed by atoms with Crippen LogP contribution in [0, 0.1) is 0 Å². The van der Waals surface area contributed by atoms with E-state index in [0.29, 0.717) is 5.75 Å². The number of anilines is 2. The Hall–Kier alpha value is -0.690. The van der Waals surface area contributed by atoms with Crippen molar-refractivity contribution in [1.82, 2.24) is 9.97 Å². The predicted octanol–water partition coefficient (Wildman–Crippen LogP) is 1.85. The highest BCUT2D eigenvalue weighted by Gasteiger charge is 2.06. The molecule has 0 radical (unpaired) electrons. The summed E-state index contributed by atoms with van der Waals surface area (Å²) in [6.07, 6.45) is 4.09. The van der Waals surface area contributed by atoms with Gasteiger partial charge in [0.2, 0.25) is 0 Å². The standard InChI is InChI=1S/C10H17BrN4OS/c1-3-12-9-8(11)10(15-7-14-9)13-5-4-6-17(2)16/h7H,3-6H2,1-2H3,(H2,12,13,14,15). The molecular weight excluding hydrogens is 304 g/mol.